The van der Waals surface area contributed by atoms with Gasteiger partial charge in [-0.25, -0.2) is 4.52 Å². The average Bonchev–Trinajstić information content (AvgIpc) is 2.87. The minimum atomic E-state index is 0.156. The number of hydrogen-bond acceptors (Lipinski definition) is 4. The van der Waals surface area contributed by atoms with Gasteiger partial charge in [-0.2, -0.15) is 5.10 Å². The highest BCUT2D eigenvalue weighted by Crippen LogP contribution is 2.23. The largest absolute Gasteiger partial charge is 0.271 e. The van der Waals surface area contributed by atoms with Crippen LogP contribution >= 0.6 is 0 Å². The number of nitrogens with two attached hydrogens (primary N) is 1. The molecule has 2 aromatic rings. The molecule has 0 amide bonds. The monoisotopic (exact) mass is 261 g/mol. The van der Waals surface area contributed by atoms with Crippen LogP contribution in [0, 0.1) is 0 Å². The van der Waals surface area contributed by atoms with Gasteiger partial charge in [-0.3, -0.25) is 16.3 Å². The molecule has 0 radical (unpaired) electrons. The van der Waals surface area contributed by atoms with E-state index in [0.29, 0.717) is 0 Å². The van der Waals surface area contributed by atoms with Crippen LogP contribution in [0.1, 0.15) is 57.1 Å². The van der Waals surface area contributed by atoms with Gasteiger partial charge in [0.15, 0.2) is 0 Å². The van der Waals surface area contributed by atoms with Crippen molar-refractivity contribution in [2.75, 3.05) is 0 Å². The van der Waals surface area contributed by atoms with Gasteiger partial charge in [0, 0.05) is 24.0 Å². The van der Waals surface area contributed by atoms with Crippen molar-refractivity contribution < 1.29 is 0 Å². The molecule has 0 aliphatic rings. The molecule has 0 spiro atoms. The van der Waals surface area contributed by atoms with Gasteiger partial charge >= 0.3 is 0 Å². The van der Waals surface area contributed by atoms with Crippen LogP contribution in [-0.4, -0.2) is 14.6 Å². The summed E-state index contributed by atoms with van der Waals surface area (Å²) in [6.07, 6.45) is 14.7. The molecule has 0 fully saturated rings. The molecule has 0 aromatic carbocycles. The van der Waals surface area contributed by atoms with Gasteiger partial charge in [0.2, 0.25) is 0 Å². The molecule has 3 N–H and O–H groups in total. The van der Waals surface area contributed by atoms with Crippen molar-refractivity contribution in [2.24, 2.45) is 5.84 Å². The number of hydrogen-bond donors (Lipinski definition) is 2. The van der Waals surface area contributed by atoms with Gasteiger partial charge in [0.05, 0.1) is 17.9 Å². The van der Waals surface area contributed by atoms with Gasteiger partial charge in [-0.1, -0.05) is 39.0 Å². The zero-order valence-corrected chi connectivity index (χ0v) is 11.5. The number of fused-ring (bicyclic) bond motifs is 1. The lowest BCUT2D eigenvalue weighted by Gasteiger charge is -2.14. The van der Waals surface area contributed by atoms with Crippen LogP contribution in [0.2, 0.25) is 0 Å². The quantitative estimate of drug-likeness (QED) is 0.435. The Kier molecular flexibility index (Phi) is 5.30. The van der Waals surface area contributed by atoms with E-state index >= 15 is 0 Å². The smallest absolute Gasteiger partial charge is 0.0893 e. The minimum absolute atomic E-state index is 0.156. The van der Waals surface area contributed by atoms with Gasteiger partial charge < -0.3 is 0 Å². The van der Waals surface area contributed by atoms with E-state index in [0.717, 1.165) is 17.5 Å². The second kappa shape index (κ2) is 7.21. The fraction of sp³-hybridized carbons (Fsp3) is 0.571. The SMILES string of the molecule is CCCCCCCC(NN)c1cnn2ccncc12. The third-order valence-electron chi connectivity index (χ3n) is 3.53. The van der Waals surface area contributed by atoms with E-state index in [1.54, 1.807) is 6.20 Å². The molecule has 104 valence electrons. The standard InChI is InChI=1S/C14H23N5/c1-2-3-4-5-6-7-13(18-15)12-10-17-19-9-8-16-11-14(12)19/h8-11,13,18H,2-7,15H2,1H3. The molecule has 2 aromatic heterocycles. The van der Waals surface area contributed by atoms with Crippen LogP contribution in [0.25, 0.3) is 5.52 Å². The zero-order chi connectivity index (χ0) is 13.5. The number of nitrogens with zero attached hydrogens (tertiary/aromatic N) is 3. The maximum absolute atomic E-state index is 5.69. The Balaban J connectivity index is 1.97. The highest BCUT2D eigenvalue weighted by Gasteiger charge is 2.14. The second-order valence-electron chi connectivity index (χ2n) is 4.93. The summed E-state index contributed by atoms with van der Waals surface area (Å²) in [6, 6.07) is 0.156. The van der Waals surface area contributed by atoms with Gasteiger partial charge in [-0.15, -0.1) is 0 Å². The van der Waals surface area contributed by atoms with Crippen LogP contribution in [0.4, 0.5) is 0 Å². The third kappa shape index (κ3) is 3.52. The van der Waals surface area contributed by atoms with E-state index in [4.69, 9.17) is 5.84 Å². The van der Waals surface area contributed by atoms with Crippen molar-refractivity contribution in [1.82, 2.24) is 20.0 Å². The van der Waals surface area contributed by atoms with Crippen LogP contribution in [0.5, 0.6) is 0 Å². The Morgan fingerprint density at radius 2 is 2.11 bits per heavy atom. The van der Waals surface area contributed by atoms with E-state index in [-0.39, 0.29) is 6.04 Å². The summed E-state index contributed by atoms with van der Waals surface area (Å²) in [5.74, 6) is 5.69. The number of hydrazine groups is 1. The molecular weight excluding hydrogens is 238 g/mol. The Morgan fingerprint density at radius 1 is 1.26 bits per heavy atom. The second-order valence-corrected chi connectivity index (χ2v) is 4.93. The Morgan fingerprint density at radius 3 is 2.89 bits per heavy atom. The molecule has 0 bridgehead atoms. The predicted octanol–water partition coefficient (Wildman–Crippen LogP) is 2.59. The lowest BCUT2D eigenvalue weighted by Crippen LogP contribution is -2.27. The van der Waals surface area contributed by atoms with E-state index in [2.05, 4.69) is 22.4 Å². The maximum Gasteiger partial charge on any atom is 0.0893 e. The van der Waals surface area contributed by atoms with Gasteiger partial charge in [-0.05, 0) is 6.42 Å². The summed E-state index contributed by atoms with van der Waals surface area (Å²) >= 11 is 0. The Bertz CT molecular complexity index is 493. The molecule has 2 heterocycles. The van der Waals surface area contributed by atoms with Gasteiger partial charge in [0.1, 0.15) is 0 Å². The molecule has 1 unspecified atom stereocenters. The van der Waals surface area contributed by atoms with Crippen molar-refractivity contribution in [3.8, 4) is 0 Å². The lowest BCUT2D eigenvalue weighted by atomic mass is 10.0. The first-order valence-corrected chi connectivity index (χ1v) is 7.10. The van der Waals surface area contributed by atoms with E-state index < -0.39 is 0 Å². The van der Waals surface area contributed by atoms with Crippen molar-refractivity contribution in [1.29, 1.82) is 0 Å². The first-order chi connectivity index (χ1) is 9.36. The van der Waals surface area contributed by atoms with Gasteiger partial charge in [0.25, 0.3) is 0 Å². The maximum atomic E-state index is 5.69. The summed E-state index contributed by atoms with van der Waals surface area (Å²) in [6.45, 7) is 2.23. The normalized spacial score (nSPS) is 12.9. The van der Waals surface area contributed by atoms with Crippen molar-refractivity contribution in [3.05, 3.63) is 30.4 Å². The highest BCUT2D eigenvalue weighted by molar-refractivity contribution is 5.53. The number of aromatic nitrogens is 3. The molecule has 1 atom stereocenters. The number of rotatable bonds is 8. The number of unbranched alkanes of at least 4 members (excludes halogenated alkanes) is 4. The molecule has 0 aliphatic carbocycles. The van der Waals surface area contributed by atoms with Crippen molar-refractivity contribution in [2.45, 2.75) is 51.5 Å². The lowest BCUT2D eigenvalue weighted by molar-refractivity contribution is 0.481. The molecule has 19 heavy (non-hydrogen) atoms. The molecule has 5 heteroatoms. The van der Waals surface area contributed by atoms with Crippen LogP contribution in [-0.2, 0) is 0 Å². The fourth-order valence-corrected chi connectivity index (χ4v) is 2.40. The highest BCUT2D eigenvalue weighted by atomic mass is 15.3. The average molecular weight is 261 g/mol. The minimum Gasteiger partial charge on any atom is -0.271 e. The summed E-state index contributed by atoms with van der Waals surface area (Å²) in [5.41, 5.74) is 5.06. The fourth-order valence-electron chi connectivity index (χ4n) is 2.40. The molecule has 0 aliphatic heterocycles. The third-order valence-corrected chi connectivity index (χ3v) is 3.53. The topological polar surface area (TPSA) is 68.2 Å². The molecule has 5 nitrogen and oxygen atoms in total. The summed E-state index contributed by atoms with van der Waals surface area (Å²) in [7, 11) is 0. The van der Waals surface area contributed by atoms with Crippen LogP contribution in [0.3, 0.4) is 0 Å². The van der Waals surface area contributed by atoms with E-state index in [1.165, 1.54) is 32.1 Å². The molecule has 0 saturated heterocycles. The summed E-state index contributed by atoms with van der Waals surface area (Å²) in [4.78, 5) is 4.15. The Hall–Kier alpha value is -1.46. The molecule has 0 saturated carbocycles. The zero-order valence-electron chi connectivity index (χ0n) is 11.5. The van der Waals surface area contributed by atoms with E-state index in [1.807, 2.05) is 23.1 Å². The Labute approximate surface area is 114 Å². The summed E-state index contributed by atoms with van der Waals surface area (Å²) in [5, 5.41) is 4.33. The van der Waals surface area contributed by atoms with Crippen molar-refractivity contribution >= 4 is 5.52 Å². The van der Waals surface area contributed by atoms with Crippen LogP contribution in [0.15, 0.2) is 24.8 Å². The van der Waals surface area contributed by atoms with Crippen LogP contribution < -0.4 is 11.3 Å². The van der Waals surface area contributed by atoms with E-state index in [9.17, 15) is 0 Å². The number of nitrogens with one attached hydrogen (secondary N) is 1. The first kappa shape index (κ1) is 14.0. The molecule has 2 rings (SSSR count). The van der Waals surface area contributed by atoms with Crippen molar-refractivity contribution in [3.63, 3.8) is 0 Å². The predicted molar refractivity (Wildman–Crippen MR) is 76.4 cm³/mol. The summed E-state index contributed by atoms with van der Waals surface area (Å²) < 4.78 is 1.84. The first-order valence-electron chi connectivity index (χ1n) is 7.10. The molecular formula is C14H23N5.